The summed E-state index contributed by atoms with van der Waals surface area (Å²) >= 11 is 1.90. The van der Waals surface area contributed by atoms with Crippen molar-refractivity contribution in [3.8, 4) is 0 Å². The molecule has 0 radical (unpaired) electrons. The second kappa shape index (κ2) is 15.7. The Hall–Kier alpha value is 0.0900. The van der Waals surface area contributed by atoms with Crippen LogP contribution in [0.15, 0.2) is 12.7 Å². The van der Waals surface area contributed by atoms with Crippen LogP contribution in [0.5, 0.6) is 0 Å². The molecule has 0 aromatic heterocycles. The zero-order valence-electron chi connectivity index (χ0n) is 6.11. The van der Waals surface area contributed by atoms with Gasteiger partial charge in [0.1, 0.15) is 0 Å². The number of thioether (sulfide) groups is 1. The van der Waals surface area contributed by atoms with Crippen molar-refractivity contribution in [3.05, 3.63) is 12.7 Å². The highest BCUT2D eigenvalue weighted by atomic mass is 32.2. The molecule has 0 aliphatic heterocycles. The monoisotopic (exact) mass is 132 g/mol. The molecule has 0 aliphatic rings. The van der Waals surface area contributed by atoms with Gasteiger partial charge in [-0.1, -0.05) is 13.0 Å². The van der Waals surface area contributed by atoms with Crippen LogP contribution in [0.2, 0.25) is 0 Å². The molecule has 0 nitrogen and oxygen atoms in total. The van der Waals surface area contributed by atoms with Crippen LogP contribution in [0.25, 0.3) is 0 Å². The second-order valence-electron chi connectivity index (χ2n) is 1.40. The van der Waals surface area contributed by atoms with Crippen LogP contribution >= 0.6 is 11.8 Å². The van der Waals surface area contributed by atoms with Crippen molar-refractivity contribution in [3.63, 3.8) is 0 Å². The number of rotatable bonds is 2. The largest absolute Gasteiger partial charge is 0.165 e. The van der Waals surface area contributed by atoms with Crippen molar-refractivity contribution < 1.29 is 0 Å². The molecule has 0 amide bonds. The molecule has 1 heteroatoms. The Balaban J connectivity index is 0. The molecule has 0 heterocycles. The lowest BCUT2D eigenvalue weighted by atomic mass is 10.6. The third kappa shape index (κ3) is 36.1. The molecular weight excluding hydrogens is 116 g/mol. The van der Waals surface area contributed by atoms with E-state index in [2.05, 4.69) is 19.8 Å². The standard InChI is InChI=1S/C4H10S.C3H6/c1-3-4-5-2;1-3-2/h3-4H2,1-2H3;3H,1H2,2H3. The van der Waals surface area contributed by atoms with Gasteiger partial charge in [0, 0.05) is 0 Å². The molecule has 0 bridgehead atoms. The van der Waals surface area contributed by atoms with E-state index in [1.54, 1.807) is 6.08 Å². The molecule has 0 N–H and O–H groups in total. The minimum absolute atomic E-state index is 1.31. The predicted octanol–water partition coefficient (Wildman–Crippen LogP) is 2.95. The molecule has 0 fully saturated rings. The summed E-state index contributed by atoms with van der Waals surface area (Å²) in [6, 6.07) is 0. The van der Waals surface area contributed by atoms with E-state index < -0.39 is 0 Å². The highest BCUT2D eigenvalue weighted by Crippen LogP contribution is 1.91. The molecule has 0 aromatic rings. The normalized spacial score (nSPS) is 6.88. The molecular formula is C7H16S. The van der Waals surface area contributed by atoms with Gasteiger partial charge >= 0.3 is 0 Å². The summed E-state index contributed by atoms with van der Waals surface area (Å²) in [5, 5.41) is 0. The minimum Gasteiger partial charge on any atom is -0.165 e. The fourth-order valence-corrected chi connectivity index (χ4v) is 0.612. The molecule has 0 aliphatic carbocycles. The summed E-state index contributed by atoms with van der Waals surface area (Å²) in [5.74, 6) is 1.31. The molecule has 0 unspecified atom stereocenters. The Bertz CT molecular complexity index is 31.4. The zero-order valence-corrected chi connectivity index (χ0v) is 6.92. The van der Waals surface area contributed by atoms with E-state index in [4.69, 9.17) is 0 Å². The van der Waals surface area contributed by atoms with Gasteiger partial charge in [0.15, 0.2) is 0 Å². The highest BCUT2D eigenvalue weighted by molar-refractivity contribution is 7.98. The minimum atomic E-state index is 1.31. The van der Waals surface area contributed by atoms with E-state index >= 15 is 0 Å². The van der Waals surface area contributed by atoms with Gasteiger partial charge in [-0.15, -0.1) is 6.58 Å². The van der Waals surface area contributed by atoms with Crippen LogP contribution in [-0.2, 0) is 0 Å². The Kier molecular flexibility index (Phi) is 21.5. The van der Waals surface area contributed by atoms with Crippen molar-refractivity contribution in [2.75, 3.05) is 12.0 Å². The molecule has 0 atom stereocenters. The van der Waals surface area contributed by atoms with Crippen LogP contribution in [0.4, 0.5) is 0 Å². The second-order valence-corrected chi connectivity index (χ2v) is 2.39. The highest BCUT2D eigenvalue weighted by Gasteiger charge is 1.67. The van der Waals surface area contributed by atoms with Gasteiger partial charge in [0.05, 0.1) is 0 Å². The van der Waals surface area contributed by atoms with Crippen molar-refractivity contribution in [1.29, 1.82) is 0 Å². The summed E-state index contributed by atoms with van der Waals surface area (Å²) in [7, 11) is 0. The van der Waals surface area contributed by atoms with Gasteiger partial charge < -0.3 is 0 Å². The lowest BCUT2D eigenvalue weighted by Crippen LogP contribution is -1.64. The van der Waals surface area contributed by atoms with E-state index in [1.165, 1.54) is 12.2 Å². The topological polar surface area (TPSA) is 0 Å². The lowest BCUT2D eigenvalue weighted by molar-refractivity contribution is 1.11. The first-order chi connectivity index (χ1) is 3.83. The molecule has 0 spiro atoms. The van der Waals surface area contributed by atoms with Crippen LogP contribution in [-0.4, -0.2) is 12.0 Å². The summed E-state index contributed by atoms with van der Waals surface area (Å²) in [6.45, 7) is 7.44. The van der Waals surface area contributed by atoms with E-state index in [0.29, 0.717) is 0 Å². The van der Waals surface area contributed by atoms with Crippen molar-refractivity contribution in [2.45, 2.75) is 20.3 Å². The number of hydrogen-bond donors (Lipinski definition) is 0. The molecule has 0 aromatic carbocycles. The van der Waals surface area contributed by atoms with E-state index in [1.807, 2.05) is 18.7 Å². The van der Waals surface area contributed by atoms with Gasteiger partial charge in [0.25, 0.3) is 0 Å². The van der Waals surface area contributed by atoms with E-state index in [0.717, 1.165) is 0 Å². The van der Waals surface area contributed by atoms with Gasteiger partial charge in [0.2, 0.25) is 0 Å². The summed E-state index contributed by atoms with van der Waals surface area (Å²) in [4.78, 5) is 0. The van der Waals surface area contributed by atoms with Crippen molar-refractivity contribution in [1.82, 2.24) is 0 Å². The quantitative estimate of drug-likeness (QED) is 0.520. The van der Waals surface area contributed by atoms with Crippen LogP contribution in [0, 0.1) is 0 Å². The average molecular weight is 132 g/mol. The van der Waals surface area contributed by atoms with Crippen LogP contribution in [0.1, 0.15) is 20.3 Å². The maximum Gasteiger partial charge on any atom is -0.00729 e. The van der Waals surface area contributed by atoms with E-state index in [9.17, 15) is 0 Å². The van der Waals surface area contributed by atoms with Crippen molar-refractivity contribution in [2.24, 2.45) is 0 Å². The molecule has 8 heavy (non-hydrogen) atoms. The predicted molar refractivity (Wildman–Crippen MR) is 44.5 cm³/mol. The summed E-state index contributed by atoms with van der Waals surface area (Å²) < 4.78 is 0. The third-order valence-corrected chi connectivity index (χ3v) is 1.22. The maximum absolute atomic E-state index is 3.36. The van der Waals surface area contributed by atoms with Gasteiger partial charge in [-0.3, -0.25) is 0 Å². The first-order valence-corrected chi connectivity index (χ1v) is 4.28. The van der Waals surface area contributed by atoms with Crippen LogP contribution < -0.4 is 0 Å². The molecule has 0 saturated heterocycles. The first kappa shape index (κ1) is 11.0. The number of allylic oxidation sites excluding steroid dienone is 1. The molecule has 0 saturated carbocycles. The van der Waals surface area contributed by atoms with Gasteiger partial charge in [-0.25, -0.2) is 0 Å². The Morgan fingerprint density at radius 2 is 2.00 bits per heavy atom. The Morgan fingerprint density at radius 3 is 2.00 bits per heavy atom. The maximum atomic E-state index is 3.36. The van der Waals surface area contributed by atoms with Gasteiger partial charge in [-0.2, -0.15) is 11.8 Å². The van der Waals surface area contributed by atoms with Crippen molar-refractivity contribution >= 4 is 11.8 Å². The fourth-order valence-electron chi connectivity index (χ4n) is 0.204. The molecule has 0 rings (SSSR count). The van der Waals surface area contributed by atoms with Gasteiger partial charge in [-0.05, 0) is 25.4 Å². The Labute approximate surface area is 57.4 Å². The SMILES string of the molecule is C=CC.CCCSC. The summed E-state index contributed by atoms with van der Waals surface area (Å²) in [5.41, 5.74) is 0. The average Bonchev–Trinajstić information content (AvgIpc) is 1.71. The Morgan fingerprint density at radius 1 is 1.62 bits per heavy atom. The third-order valence-electron chi connectivity index (χ3n) is 0.408. The van der Waals surface area contributed by atoms with Crippen LogP contribution in [0.3, 0.4) is 0 Å². The fraction of sp³-hybridized carbons (Fsp3) is 0.714. The zero-order chi connectivity index (χ0) is 6.83. The smallest absolute Gasteiger partial charge is 0.00729 e. The first-order valence-electron chi connectivity index (χ1n) is 2.89. The number of hydrogen-bond acceptors (Lipinski definition) is 1. The molecule has 50 valence electrons. The summed E-state index contributed by atoms with van der Waals surface area (Å²) in [6.07, 6.45) is 5.19. The lowest BCUT2D eigenvalue weighted by Gasteiger charge is -1.80. The van der Waals surface area contributed by atoms with E-state index in [-0.39, 0.29) is 0 Å².